The highest BCUT2D eigenvalue weighted by Gasteiger charge is 2.24. The van der Waals surface area contributed by atoms with Crippen molar-refractivity contribution in [3.8, 4) is 11.5 Å². The van der Waals surface area contributed by atoms with Gasteiger partial charge in [0.2, 0.25) is 0 Å². The number of ether oxygens (including phenoxy) is 2. The van der Waals surface area contributed by atoms with Crippen LogP contribution in [0.5, 0.6) is 11.5 Å². The molecule has 1 atom stereocenters. The Balaban J connectivity index is 1.92. The summed E-state index contributed by atoms with van der Waals surface area (Å²) in [6.07, 6.45) is -0.173. The van der Waals surface area contributed by atoms with Crippen LogP contribution in [0.4, 0.5) is 0 Å². The summed E-state index contributed by atoms with van der Waals surface area (Å²) < 4.78 is 15.7. The van der Waals surface area contributed by atoms with Gasteiger partial charge in [-0.1, -0.05) is 24.3 Å². The topological polar surface area (TPSA) is 106 Å². The van der Waals surface area contributed by atoms with Gasteiger partial charge in [0.25, 0.3) is 0 Å². The molecule has 0 radical (unpaired) electrons. The summed E-state index contributed by atoms with van der Waals surface area (Å²) >= 11 is 0. The third-order valence-electron chi connectivity index (χ3n) is 3.89. The highest BCUT2D eigenvalue weighted by Crippen LogP contribution is 2.34. The average Bonchev–Trinajstić information content (AvgIpc) is 3.18. The molecule has 7 heteroatoms. The van der Waals surface area contributed by atoms with Crippen molar-refractivity contribution in [2.75, 3.05) is 7.11 Å². The van der Waals surface area contributed by atoms with Gasteiger partial charge in [-0.2, -0.15) is 0 Å². The molecule has 1 aromatic heterocycles. The van der Waals surface area contributed by atoms with E-state index in [0.29, 0.717) is 5.56 Å². The average molecular weight is 368 g/mol. The smallest absolute Gasteiger partial charge is 0.343 e. The van der Waals surface area contributed by atoms with Gasteiger partial charge in [0, 0.05) is 0 Å². The van der Waals surface area contributed by atoms with E-state index in [9.17, 15) is 19.8 Å². The Morgan fingerprint density at radius 1 is 1.04 bits per heavy atom. The van der Waals surface area contributed by atoms with Gasteiger partial charge in [-0.05, 0) is 35.9 Å². The van der Waals surface area contributed by atoms with Crippen LogP contribution in [-0.2, 0) is 0 Å². The van der Waals surface area contributed by atoms with Crippen LogP contribution in [0.3, 0.4) is 0 Å². The second-order valence-corrected chi connectivity index (χ2v) is 5.57. The Kier molecular flexibility index (Phi) is 5.23. The van der Waals surface area contributed by atoms with Crippen molar-refractivity contribution < 1.29 is 33.7 Å². The largest absolute Gasteiger partial charge is 0.493 e. The zero-order chi connectivity index (χ0) is 19.4. The van der Waals surface area contributed by atoms with Crippen LogP contribution in [0.2, 0.25) is 0 Å². The van der Waals surface area contributed by atoms with Crippen molar-refractivity contribution in [1.82, 2.24) is 0 Å². The molecule has 0 fully saturated rings. The maximum absolute atomic E-state index is 12.3. The first kappa shape index (κ1) is 18.2. The molecule has 3 aromatic rings. The van der Waals surface area contributed by atoms with Crippen LogP contribution in [0.1, 0.15) is 38.1 Å². The molecular weight excluding hydrogens is 352 g/mol. The molecule has 0 bridgehead atoms. The lowest BCUT2D eigenvalue weighted by Gasteiger charge is -2.14. The fraction of sp³-hybridized carbons (Fsp3) is 0.100. The maximum atomic E-state index is 12.3. The van der Waals surface area contributed by atoms with E-state index in [1.807, 2.05) is 0 Å². The minimum absolute atomic E-state index is 0.0892. The van der Waals surface area contributed by atoms with Crippen LogP contribution >= 0.6 is 0 Å². The summed E-state index contributed by atoms with van der Waals surface area (Å²) in [7, 11) is 1.42. The van der Waals surface area contributed by atoms with E-state index in [4.69, 9.17) is 13.9 Å². The molecule has 27 heavy (non-hydrogen) atoms. The van der Waals surface area contributed by atoms with Gasteiger partial charge in [0.1, 0.15) is 11.7 Å². The molecule has 1 heterocycles. The van der Waals surface area contributed by atoms with Crippen LogP contribution in [0.25, 0.3) is 0 Å². The first-order valence-corrected chi connectivity index (χ1v) is 7.95. The highest BCUT2D eigenvalue weighted by molar-refractivity contribution is 5.91. The summed E-state index contributed by atoms with van der Waals surface area (Å²) in [6.45, 7) is 0. The molecule has 0 spiro atoms. The Morgan fingerprint density at radius 3 is 2.44 bits per heavy atom. The van der Waals surface area contributed by atoms with Gasteiger partial charge < -0.3 is 24.1 Å². The number of carboxylic acid groups (broad SMARTS) is 1. The lowest BCUT2D eigenvalue weighted by Crippen LogP contribution is -2.10. The third-order valence-corrected chi connectivity index (χ3v) is 3.89. The third kappa shape index (κ3) is 3.83. The van der Waals surface area contributed by atoms with Gasteiger partial charge in [0.15, 0.2) is 17.3 Å². The minimum Gasteiger partial charge on any atom is -0.493 e. The molecule has 2 aromatic carbocycles. The first-order valence-electron chi connectivity index (χ1n) is 7.95. The summed E-state index contributed by atoms with van der Waals surface area (Å²) in [6, 6.07) is 14.1. The quantitative estimate of drug-likeness (QED) is 0.508. The number of aromatic carboxylic acids is 1. The van der Waals surface area contributed by atoms with E-state index >= 15 is 0 Å². The van der Waals surface area contributed by atoms with E-state index in [1.165, 1.54) is 37.6 Å². The minimum atomic E-state index is -1.36. The van der Waals surface area contributed by atoms with Crippen LogP contribution in [0, 0.1) is 0 Å². The number of hydrogen-bond donors (Lipinski definition) is 2. The molecule has 2 N–H and O–H groups in total. The highest BCUT2D eigenvalue weighted by atomic mass is 16.6. The second-order valence-electron chi connectivity index (χ2n) is 5.57. The molecule has 0 saturated heterocycles. The summed E-state index contributed by atoms with van der Waals surface area (Å²) in [5.41, 5.74) is 0.481. The fourth-order valence-electron chi connectivity index (χ4n) is 2.54. The first-order chi connectivity index (χ1) is 13.0. The van der Waals surface area contributed by atoms with Crippen molar-refractivity contribution in [2.24, 2.45) is 0 Å². The molecule has 0 aliphatic heterocycles. The predicted molar refractivity (Wildman–Crippen MR) is 94.1 cm³/mol. The molecule has 7 nitrogen and oxygen atoms in total. The number of hydrogen-bond acceptors (Lipinski definition) is 6. The van der Waals surface area contributed by atoms with E-state index in [0.717, 1.165) is 0 Å². The van der Waals surface area contributed by atoms with Crippen molar-refractivity contribution in [3.63, 3.8) is 0 Å². The normalized spacial score (nSPS) is 11.6. The Bertz CT molecular complexity index is 959. The number of rotatable bonds is 6. The number of aliphatic hydroxyl groups is 1. The van der Waals surface area contributed by atoms with Gasteiger partial charge in [0.05, 0.1) is 18.9 Å². The van der Waals surface area contributed by atoms with Gasteiger partial charge >= 0.3 is 11.9 Å². The number of carboxylic acids is 1. The van der Waals surface area contributed by atoms with Crippen molar-refractivity contribution >= 4 is 11.9 Å². The number of furan rings is 1. The van der Waals surface area contributed by atoms with Gasteiger partial charge in [-0.25, -0.2) is 9.59 Å². The zero-order valence-corrected chi connectivity index (χ0v) is 14.3. The SMILES string of the molecule is COc1ccc(C(O)c2occc2C(=O)O)cc1OC(=O)c1ccccc1. The number of carbonyl (C=O) groups excluding carboxylic acids is 1. The molecule has 3 rings (SSSR count). The zero-order valence-electron chi connectivity index (χ0n) is 14.3. The van der Waals surface area contributed by atoms with E-state index in [2.05, 4.69) is 0 Å². The van der Waals surface area contributed by atoms with Crippen molar-refractivity contribution in [1.29, 1.82) is 0 Å². The fourth-order valence-corrected chi connectivity index (χ4v) is 2.54. The monoisotopic (exact) mass is 368 g/mol. The van der Waals surface area contributed by atoms with Crippen molar-refractivity contribution in [3.05, 3.63) is 83.3 Å². The molecular formula is C20H16O7. The number of aliphatic hydroxyl groups excluding tert-OH is 1. The second kappa shape index (κ2) is 7.76. The number of carbonyl (C=O) groups is 2. The molecule has 0 aliphatic carbocycles. The maximum Gasteiger partial charge on any atom is 0.343 e. The van der Waals surface area contributed by atoms with Crippen LogP contribution in [0.15, 0.2) is 65.3 Å². The lowest BCUT2D eigenvalue weighted by atomic mass is 10.0. The van der Waals surface area contributed by atoms with E-state index in [-0.39, 0.29) is 28.4 Å². The Hall–Kier alpha value is -3.58. The number of benzene rings is 2. The standard InChI is InChI=1S/C20H16O7/c1-25-15-8-7-13(17(21)18-14(19(22)23)9-10-26-18)11-16(15)27-20(24)12-5-3-2-4-6-12/h2-11,17,21H,1H3,(H,22,23). The van der Waals surface area contributed by atoms with Gasteiger partial charge in [-0.15, -0.1) is 0 Å². The predicted octanol–water partition coefficient (Wildman–Crippen LogP) is 3.29. The number of esters is 1. The van der Waals surface area contributed by atoms with E-state index in [1.54, 1.807) is 30.3 Å². The molecule has 0 aliphatic rings. The lowest BCUT2D eigenvalue weighted by molar-refractivity contribution is 0.0686. The Morgan fingerprint density at radius 2 is 1.78 bits per heavy atom. The van der Waals surface area contributed by atoms with Crippen LogP contribution < -0.4 is 9.47 Å². The molecule has 1 unspecified atom stereocenters. The molecule has 138 valence electrons. The van der Waals surface area contributed by atoms with Gasteiger partial charge in [-0.3, -0.25) is 0 Å². The summed E-state index contributed by atoms with van der Waals surface area (Å²) in [5.74, 6) is -1.56. The number of methoxy groups -OCH3 is 1. The van der Waals surface area contributed by atoms with E-state index < -0.39 is 18.0 Å². The van der Waals surface area contributed by atoms with Crippen LogP contribution in [-0.4, -0.2) is 29.3 Å². The Labute approximate surface area is 154 Å². The summed E-state index contributed by atoms with van der Waals surface area (Å²) in [5, 5.41) is 19.7. The molecule has 0 saturated carbocycles. The summed E-state index contributed by atoms with van der Waals surface area (Å²) in [4.78, 5) is 23.5. The molecule has 0 amide bonds. The van der Waals surface area contributed by atoms with Crippen molar-refractivity contribution in [2.45, 2.75) is 6.10 Å².